The van der Waals surface area contributed by atoms with Crippen molar-refractivity contribution in [1.82, 2.24) is 9.97 Å². The van der Waals surface area contributed by atoms with Gasteiger partial charge in [-0.05, 0) is 25.2 Å². The first kappa shape index (κ1) is 14.1. The first-order chi connectivity index (χ1) is 9.05. The first-order valence-electron chi connectivity index (χ1n) is 7.43. The fourth-order valence-electron chi connectivity index (χ4n) is 2.77. The second-order valence-electron chi connectivity index (χ2n) is 6.02. The summed E-state index contributed by atoms with van der Waals surface area (Å²) in [4.78, 5) is 9.09. The topological polar surface area (TPSA) is 49.8 Å². The summed E-state index contributed by atoms with van der Waals surface area (Å²) < 4.78 is 0. The molecule has 0 aliphatic heterocycles. The van der Waals surface area contributed by atoms with Crippen LogP contribution in [0.5, 0.6) is 0 Å². The van der Waals surface area contributed by atoms with Gasteiger partial charge >= 0.3 is 0 Å². The Kier molecular flexibility index (Phi) is 4.27. The van der Waals surface area contributed by atoms with Gasteiger partial charge in [-0.1, -0.05) is 27.2 Å². The molecule has 1 aromatic rings. The third kappa shape index (κ3) is 3.37. The molecule has 2 rings (SSSR count). The zero-order valence-electron chi connectivity index (χ0n) is 12.6. The number of anilines is 2. The van der Waals surface area contributed by atoms with E-state index in [1.807, 2.05) is 6.07 Å². The van der Waals surface area contributed by atoms with Crippen LogP contribution >= 0.6 is 0 Å². The van der Waals surface area contributed by atoms with E-state index in [0.29, 0.717) is 11.5 Å². The van der Waals surface area contributed by atoms with Crippen LogP contribution in [0.1, 0.15) is 52.8 Å². The normalized spacial score (nSPS) is 21.4. The van der Waals surface area contributed by atoms with Gasteiger partial charge in [-0.3, -0.25) is 0 Å². The molecule has 1 aliphatic rings. The summed E-state index contributed by atoms with van der Waals surface area (Å²) in [6.07, 6.45) is 4.68. The zero-order valence-corrected chi connectivity index (χ0v) is 12.6. The van der Waals surface area contributed by atoms with E-state index in [4.69, 9.17) is 0 Å². The van der Waals surface area contributed by atoms with Crippen molar-refractivity contribution in [2.75, 3.05) is 17.2 Å². The highest BCUT2D eigenvalue weighted by atomic mass is 15.1. The van der Waals surface area contributed by atoms with E-state index >= 15 is 0 Å². The number of rotatable bonds is 5. The number of hydrogen-bond acceptors (Lipinski definition) is 4. The van der Waals surface area contributed by atoms with Crippen LogP contribution in [-0.2, 0) is 6.42 Å². The van der Waals surface area contributed by atoms with Gasteiger partial charge in [0.2, 0.25) is 0 Å². The van der Waals surface area contributed by atoms with E-state index in [0.717, 1.165) is 30.4 Å². The molecule has 1 atom stereocenters. The van der Waals surface area contributed by atoms with E-state index in [1.54, 1.807) is 0 Å². The monoisotopic (exact) mass is 262 g/mol. The highest BCUT2D eigenvalue weighted by Crippen LogP contribution is 2.38. The molecule has 0 bridgehead atoms. The Labute approximate surface area is 116 Å². The van der Waals surface area contributed by atoms with Crippen LogP contribution in [0, 0.1) is 5.41 Å². The smallest absolute Gasteiger partial charge is 0.132 e. The molecule has 1 heterocycles. The fourth-order valence-corrected chi connectivity index (χ4v) is 2.77. The Hall–Kier alpha value is -1.32. The predicted octanol–water partition coefficient (Wildman–Crippen LogP) is 3.46. The Morgan fingerprint density at radius 3 is 2.58 bits per heavy atom. The molecule has 1 saturated carbocycles. The molecule has 0 radical (unpaired) electrons. The van der Waals surface area contributed by atoms with Crippen LogP contribution in [0.25, 0.3) is 0 Å². The van der Waals surface area contributed by atoms with Crippen molar-refractivity contribution >= 4 is 11.6 Å². The van der Waals surface area contributed by atoms with Gasteiger partial charge in [0.15, 0.2) is 0 Å². The van der Waals surface area contributed by atoms with E-state index in [1.165, 1.54) is 19.3 Å². The van der Waals surface area contributed by atoms with E-state index in [9.17, 15) is 0 Å². The van der Waals surface area contributed by atoms with E-state index < -0.39 is 0 Å². The lowest BCUT2D eigenvalue weighted by atomic mass is 9.87. The molecule has 1 aliphatic carbocycles. The van der Waals surface area contributed by atoms with Gasteiger partial charge in [-0.25, -0.2) is 9.97 Å². The quantitative estimate of drug-likeness (QED) is 0.853. The van der Waals surface area contributed by atoms with Crippen LogP contribution in [0.2, 0.25) is 0 Å². The van der Waals surface area contributed by atoms with Gasteiger partial charge in [0.1, 0.15) is 17.5 Å². The predicted molar refractivity (Wildman–Crippen MR) is 80.6 cm³/mol. The molecule has 2 N–H and O–H groups in total. The number of aryl methyl sites for hydroxylation is 1. The minimum Gasteiger partial charge on any atom is -0.370 e. The lowest BCUT2D eigenvalue weighted by Crippen LogP contribution is -2.31. The van der Waals surface area contributed by atoms with Gasteiger partial charge in [0, 0.05) is 25.1 Å². The minimum absolute atomic E-state index is 0.357. The number of nitrogens with zero attached hydrogens (tertiary/aromatic N) is 2. The molecule has 19 heavy (non-hydrogen) atoms. The molecule has 1 aromatic heterocycles. The summed E-state index contributed by atoms with van der Waals surface area (Å²) in [5.41, 5.74) is 0.357. The number of nitrogens with one attached hydrogen (secondary N) is 2. The molecule has 1 fully saturated rings. The van der Waals surface area contributed by atoms with Gasteiger partial charge in [-0.15, -0.1) is 0 Å². The molecule has 0 spiro atoms. The molecular weight excluding hydrogens is 236 g/mol. The molecule has 0 saturated heterocycles. The molecule has 4 heteroatoms. The van der Waals surface area contributed by atoms with Crippen molar-refractivity contribution in [2.45, 2.75) is 59.4 Å². The summed E-state index contributed by atoms with van der Waals surface area (Å²) in [6, 6.07) is 2.54. The average molecular weight is 262 g/mol. The lowest BCUT2D eigenvalue weighted by Gasteiger charge is -2.28. The number of aromatic nitrogens is 2. The van der Waals surface area contributed by atoms with Crippen molar-refractivity contribution in [3.8, 4) is 0 Å². The van der Waals surface area contributed by atoms with E-state index in [-0.39, 0.29) is 0 Å². The minimum atomic E-state index is 0.357. The summed E-state index contributed by atoms with van der Waals surface area (Å²) in [7, 11) is 0. The van der Waals surface area contributed by atoms with Crippen LogP contribution < -0.4 is 10.6 Å². The van der Waals surface area contributed by atoms with Gasteiger partial charge in [0.05, 0.1) is 0 Å². The second-order valence-corrected chi connectivity index (χ2v) is 6.02. The van der Waals surface area contributed by atoms with Crippen LogP contribution in [-0.4, -0.2) is 22.6 Å². The summed E-state index contributed by atoms with van der Waals surface area (Å²) in [5, 5.41) is 6.89. The molecule has 106 valence electrons. The van der Waals surface area contributed by atoms with Gasteiger partial charge < -0.3 is 10.6 Å². The molecule has 1 unspecified atom stereocenters. The maximum atomic E-state index is 4.60. The third-order valence-corrected chi connectivity index (χ3v) is 4.03. The largest absolute Gasteiger partial charge is 0.370 e. The van der Waals surface area contributed by atoms with Gasteiger partial charge in [0.25, 0.3) is 0 Å². The standard InChI is InChI=1S/C15H26N4/c1-5-12-18-13(16-6-2)10-14(19-12)17-11-8-7-9-15(11,3)4/h10-11H,5-9H2,1-4H3,(H2,16,17,18,19). The van der Waals surface area contributed by atoms with Crippen molar-refractivity contribution in [1.29, 1.82) is 0 Å². The Balaban J connectivity index is 2.17. The fraction of sp³-hybridized carbons (Fsp3) is 0.733. The molecule has 0 aromatic carbocycles. The van der Waals surface area contributed by atoms with Gasteiger partial charge in [-0.2, -0.15) is 0 Å². The molecule has 4 nitrogen and oxygen atoms in total. The third-order valence-electron chi connectivity index (χ3n) is 4.03. The second kappa shape index (κ2) is 5.76. The summed E-state index contributed by atoms with van der Waals surface area (Å²) in [5.74, 6) is 2.78. The maximum Gasteiger partial charge on any atom is 0.132 e. The van der Waals surface area contributed by atoms with Crippen molar-refractivity contribution < 1.29 is 0 Å². The first-order valence-corrected chi connectivity index (χ1v) is 7.43. The molecular formula is C15H26N4. The van der Waals surface area contributed by atoms with Crippen LogP contribution in [0.15, 0.2) is 6.07 Å². The Morgan fingerprint density at radius 1 is 1.26 bits per heavy atom. The highest BCUT2D eigenvalue weighted by molar-refractivity contribution is 5.48. The van der Waals surface area contributed by atoms with Crippen molar-refractivity contribution in [3.05, 3.63) is 11.9 Å². The van der Waals surface area contributed by atoms with Crippen molar-refractivity contribution in [3.63, 3.8) is 0 Å². The SMILES string of the molecule is CCNc1cc(NC2CCCC2(C)C)nc(CC)n1. The lowest BCUT2D eigenvalue weighted by molar-refractivity contribution is 0.349. The Bertz CT molecular complexity index is 428. The zero-order chi connectivity index (χ0) is 13.9. The van der Waals surface area contributed by atoms with Crippen LogP contribution in [0.4, 0.5) is 11.6 Å². The summed E-state index contributed by atoms with van der Waals surface area (Å²) in [6.45, 7) is 9.74. The highest BCUT2D eigenvalue weighted by Gasteiger charge is 2.34. The van der Waals surface area contributed by atoms with Crippen LogP contribution in [0.3, 0.4) is 0 Å². The van der Waals surface area contributed by atoms with Crippen molar-refractivity contribution in [2.24, 2.45) is 5.41 Å². The molecule has 0 amide bonds. The summed E-state index contributed by atoms with van der Waals surface area (Å²) >= 11 is 0. The number of hydrogen-bond donors (Lipinski definition) is 2. The van der Waals surface area contributed by atoms with E-state index in [2.05, 4.69) is 48.3 Å². The maximum absolute atomic E-state index is 4.60. The average Bonchev–Trinajstić information content (AvgIpc) is 2.69. The Morgan fingerprint density at radius 2 is 2.00 bits per heavy atom.